The third-order valence-electron chi connectivity index (χ3n) is 3.11. The monoisotopic (exact) mass is 209 g/mol. The van der Waals surface area contributed by atoms with Gasteiger partial charge < -0.3 is 4.52 Å². The molecule has 0 amide bonds. The molecule has 1 saturated heterocycles. The summed E-state index contributed by atoms with van der Waals surface area (Å²) in [5.41, 5.74) is 0. The van der Waals surface area contributed by atoms with E-state index in [9.17, 15) is 0 Å². The average Bonchev–Trinajstić information content (AvgIpc) is 2.69. The number of aryl methyl sites for hydroxylation is 1. The van der Waals surface area contributed by atoms with Gasteiger partial charge in [0, 0.05) is 12.5 Å². The largest absolute Gasteiger partial charge is 0.338 e. The summed E-state index contributed by atoms with van der Waals surface area (Å²) >= 11 is 0. The molecule has 0 spiro atoms. The van der Waals surface area contributed by atoms with Crippen molar-refractivity contribution < 1.29 is 4.52 Å². The molecule has 1 aromatic heterocycles. The Morgan fingerprint density at radius 1 is 1.47 bits per heavy atom. The first-order valence-electron chi connectivity index (χ1n) is 5.85. The summed E-state index contributed by atoms with van der Waals surface area (Å²) in [4.78, 5) is 6.76. The zero-order chi connectivity index (χ0) is 10.7. The van der Waals surface area contributed by atoms with E-state index < -0.39 is 0 Å². The molecule has 84 valence electrons. The fraction of sp³-hybridized carbons (Fsp3) is 0.818. The Labute approximate surface area is 90.7 Å². The van der Waals surface area contributed by atoms with Crippen molar-refractivity contribution in [3.8, 4) is 0 Å². The lowest BCUT2D eigenvalue weighted by Gasteiger charge is -2.31. The number of hydrogen-bond acceptors (Lipinski definition) is 4. The van der Waals surface area contributed by atoms with Crippen LogP contribution in [-0.2, 0) is 13.0 Å². The SMILES string of the molecule is CCc1noc(CN2CCCCC2C)n1. The second-order valence-electron chi connectivity index (χ2n) is 4.27. The van der Waals surface area contributed by atoms with Crippen LogP contribution in [0.4, 0.5) is 0 Å². The Balaban J connectivity index is 1.95. The maximum absolute atomic E-state index is 5.20. The predicted molar refractivity (Wildman–Crippen MR) is 57.4 cm³/mol. The summed E-state index contributed by atoms with van der Waals surface area (Å²) in [5, 5.41) is 3.91. The van der Waals surface area contributed by atoms with Gasteiger partial charge in [-0.15, -0.1) is 0 Å². The fourth-order valence-electron chi connectivity index (χ4n) is 2.06. The van der Waals surface area contributed by atoms with Gasteiger partial charge in [-0.25, -0.2) is 0 Å². The van der Waals surface area contributed by atoms with Gasteiger partial charge in [-0.3, -0.25) is 4.90 Å². The van der Waals surface area contributed by atoms with Gasteiger partial charge in [0.1, 0.15) is 0 Å². The van der Waals surface area contributed by atoms with E-state index in [1.54, 1.807) is 0 Å². The van der Waals surface area contributed by atoms with Crippen LogP contribution in [0.3, 0.4) is 0 Å². The quantitative estimate of drug-likeness (QED) is 0.763. The zero-order valence-corrected chi connectivity index (χ0v) is 9.57. The van der Waals surface area contributed by atoms with Gasteiger partial charge in [0.2, 0.25) is 5.89 Å². The van der Waals surface area contributed by atoms with Crippen molar-refractivity contribution in [1.82, 2.24) is 15.0 Å². The minimum absolute atomic E-state index is 0.649. The lowest BCUT2D eigenvalue weighted by molar-refractivity contribution is 0.135. The van der Waals surface area contributed by atoms with Crippen LogP contribution in [0.2, 0.25) is 0 Å². The first-order valence-corrected chi connectivity index (χ1v) is 5.85. The van der Waals surface area contributed by atoms with Gasteiger partial charge in [-0.1, -0.05) is 18.5 Å². The van der Waals surface area contributed by atoms with Crippen LogP contribution >= 0.6 is 0 Å². The van der Waals surface area contributed by atoms with E-state index in [2.05, 4.69) is 22.0 Å². The highest BCUT2D eigenvalue weighted by molar-refractivity contribution is 4.87. The van der Waals surface area contributed by atoms with Crippen LogP contribution in [0.5, 0.6) is 0 Å². The van der Waals surface area contributed by atoms with Crippen LogP contribution < -0.4 is 0 Å². The van der Waals surface area contributed by atoms with E-state index in [-0.39, 0.29) is 0 Å². The zero-order valence-electron chi connectivity index (χ0n) is 9.57. The van der Waals surface area contributed by atoms with E-state index >= 15 is 0 Å². The molecular weight excluding hydrogens is 190 g/mol. The van der Waals surface area contributed by atoms with E-state index in [4.69, 9.17) is 4.52 Å². The van der Waals surface area contributed by atoms with Gasteiger partial charge in [-0.2, -0.15) is 4.98 Å². The first kappa shape index (κ1) is 10.6. The molecule has 2 rings (SSSR count). The lowest BCUT2D eigenvalue weighted by atomic mass is 10.0. The van der Waals surface area contributed by atoms with Crippen molar-refractivity contribution in [3.05, 3.63) is 11.7 Å². The Morgan fingerprint density at radius 2 is 2.33 bits per heavy atom. The fourth-order valence-corrected chi connectivity index (χ4v) is 2.06. The molecule has 1 atom stereocenters. The van der Waals surface area contributed by atoms with E-state index in [1.165, 1.54) is 19.3 Å². The summed E-state index contributed by atoms with van der Waals surface area (Å²) < 4.78 is 5.20. The maximum Gasteiger partial charge on any atom is 0.240 e. The molecule has 1 unspecified atom stereocenters. The van der Waals surface area contributed by atoms with Gasteiger partial charge in [0.25, 0.3) is 0 Å². The van der Waals surface area contributed by atoms with E-state index in [0.29, 0.717) is 6.04 Å². The van der Waals surface area contributed by atoms with Crippen molar-refractivity contribution in [2.45, 2.75) is 52.1 Å². The highest BCUT2D eigenvalue weighted by Crippen LogP contribution is 2.18. The Kier molecular flexibility index (Phi) is 3.36. The highest BCUT2D eigenvalue weighted by atomic mass is 16.5. The van der Waals surface area contributed by atoms with Gasteiger partial charge in [-0.05, 0) is 26.3 Å². The standard InChI is InChI=1S/C11H19N3O/c1-3-10-12-11(15-13-10)8-14-7-5-4-6-9(14)2/h9H,3-8H2,1-2H3. The van der Waals surface area contributed by atoms with Gasteiger partial charge >= 0.3 is 0 Å². The molecule has 1 aliphatic heterocycles. The van der Waals surface area contributed by atoms with Crippen molar-refractivity contribution in [1.29, 1.82) is 0 Å². The minimum atomic E-state index is 0.649. The molecule has 4 nitrogen and oxygen atoms in total. The van der Waals surface area contributed by atoms with E-state index in [1.807, 2.05) is 6.92 Å². The summed E-state index contributed by atoms with van der Waals surface area (Å²) in [7, 11) is 0. The van der Waals surface area contributed by atoms with Crippen molar-refractivity contribution in [3.63, 3.8) is 0 Å². The summed E-state index contributed by atoms with van der Waals surface area (Å²) in [6, 6.07) is 0.649. The Morgan fingerprint density at radius 3 is 3.00 bits per heavy atom. The van der Waals surface area contributed by atoms with E-state index in [0.717, 1.165) is 31.2 Å². The van der Waals surface area contributed by atoms with Crippen LogP contribution in [0.1, 0.15) is 44.8 Å². The summed E-state index contributed by atoms with van der Waals surface area (Å²) in [5.74, 6) is 1.58. The number of hydrogen-bond donors (Lipinski definition) is 0. The average molecular weight is 209 g/mol. The molecular formula is C11H19N3O. The second-order valence-corrected chi connectivity index (χ2v) is 4.27. The lowest BCUT2D eigenvalue weighted by Crippen LogP contribution is -2.36. The molecule has 4 heteroatoms. The number of rotatable bonds is 3. The topological polar surface area (TPSA) is 42.2 Å². The van der Waals surface area contributed by atoms with Gasteiger partial charge in [0.15, 0.2) is 5.82 Å². The smallest absolute Gasteiger partial charge is 0.240 e. The summed E-state index contributed by atoms with van der Waals surface area (Å²) in [6.07, 6.45) is 4.77. The normalized spacial score (nSPS) is 23.2. The summed E-state index contributed by atoms with van der Waals surface area (Å²) in [6.45, 7) is 6.29. The Hall–Kier alpha value is -0.900. The second kappa shape index (κ2) is 4.75. The van der Waals surface area contributed by atoms with Crippen LogP contribution in [0.25, 0.3) is 0 Å². The Bertz CT molecular complexity index is 311. The molecule has 0 bridgehead atoms. The number of aromatic nitrogens is 2. The molecule has 2 heterocycles. The van der Waals surface area contributed by atoms with Crippen molar-refractivity contribution >= 4 is 0 Å². The predicted octanol–water partition coefficient (Wildman–Crippen LogP) is 2.01. The molecule has 0 aliphatic carbocycles. The van der Waals surface area contributed by atoms with Crippen LogP contribution in [-0.4, -0.2) is 27.6 Å². The maximum atomic E-state index is 5.20. The van der Waals surface area contributed by atoms with Crippen molar-refractivity contribution in [2.75, 3.05) is 6.54 Å². The number of piperidine rings is 1. The third kappa shape index (κ3) is 2.56. The molecule has 15 heavy (non-hydrogen) atoms. The molecule has 0 radical (unpaired) electrons. The molecule has 1 fully saturated rings. The minimum Gasteiger partial charge on any atom is -0.338 e. The number of likely N-dealkylation sites (tertiary alicyclic amines) is 1. The number of nitrogens with zero attached hydrogens (tertiary/aromatic N) is 3. The third-order valence-corrected chi connectivity index (χ3v) is 3.11. The van der Waals surface area contributed by atoms with Crippen molar-refractivity contribution in [2.24, 2.45) is 0 Å². The van der Waals surface area contributed by atoms with Crippen LogP contribution in [0.15, 0.2) is 4.52 Å². The molecule has 1 aromatic rings. The van der Waals surface area contributed by atoms with Gasteiger partial charge in [0.05, 0.1) is 6.54 Å². The van der Waals surface area contributed by atoms with Crippen LogP contribution in [0, 0.1) is 0 Å². The molecule has 0 N–H and O–H groups in total. The molecule has 1 aliphatic rings. The highest BCUT2D eigenvalue weighted by Gasteiger charge is 2.20. The molecule has 0 saturated carbocycles. The molecule has 0 aromatic carbocycles. The first-order chi connectivity index (χ1) is 7.29.